The number of fused-ring (bicyclic) bond motifs is 1. The Bertz CT molecular complexity index is 1010. The molecule has 0 atom stereocenters. The van der Waals surface area contributed by atoms with Crippen molar-refractivity contribution in [1.29, 1.82) is 0 Å². The van der Waals surface area contributed by atoms with Crippen molar-refractivity contribution < 1.29 is 5.11 Å². The van der Waals surface area contributed by atoms with Crippen LogP contribution < -0.4 is 0 Å². The number of hydrogen-bond acceptors (Lipinski definition) is 3. The van der Waals surface area contributed by atoms with Gasteiger partial charge >= 0.3 is 0 Å². The third-order valence-electron chi connectivity index (χ3n) is 3.98. The molecule has 4 rings (SSSR count). The van der Waals surface area contributed by atoms with E-state index in [1.807, 2.05) is 54.6 Å². The summed E-state index contributed by atoms with van der Waals surface area (Å²) in [6.45, 7) is 0.0426. The summed E-state index contributed by atoms with van der Waals surface area (Å²) in [4.78, 5) is 10.1. The number of aromatic amines is 1. The summed E-state index contributed by atoms with van der Waals surface area (Å²) in [5.74, 6) is 0. The van der Waals surface area contributed by atoms with Crippen molar-refractivity contribution in [3.63, 3.8) is 0 Å². The normalized spacial score (nSPS) is 11.1. The Balaban J connectivity index is 1.83. The highest BCUT2D eigenvalue weighted by molar-refractivity contribution is 7.99. The van der Waals surface area contributed by atoms with Gasteiger partial charge in [-0.05, 0) is 47.5 Å². The van der Waals surface area contributed by atoms with Crippen LogP contribution in [0.4, 0.5) is 0 Å². The molecule has 3 nitrogen and oxygen atoms in total. The maximum Gasteiger partial charge on any atom is 0.138 e. The van der Waals surface area contributed by atoms with E-state index in [1.165, 1.54) is 0 Å². The van der Waals surface area contributed by atoms with E-state index in [2.05, 4.69) is 16.0 Å². The van der Waals surface area contributed by atoms with Gasteiger partial charge in [-0.15, -0.1) is 0 Å². The molecule has 0 aliphatic carbocycles. The topological polar surface area (TPSA) is 48.9 Å². The van der Waals surface area contributed by atoms with Crippen molar-refractivity contribution in [1.82, 2.24) is 9.97 Å². The van der Waals surface area contributed by atoms with Crippen LogP contribution in [-0.4, -0.2) is 15.1 Å². The smallest absolute Gasteiger partial charge is 0.138 e. The second-order valence-electron chi connectivity index (χ2n) is 5.64. The molecule has 0 aliphatic rings. The molecule has 0 spiro atoms. The van der Waals surface area contributed by atoms with Crippen molar-refractivity contribution in [3.8, 4) is 11.3 Å². The third kappa shape index (κ3) is 3.29. The van der Waals surface area contributed by atoms with Gasteiger partial charge < -0.3 is 10.1 Å². The lowest BCUT2D eigenvalue weighted by molar-refractivity contribution is 0.282. The summed E-state index contributed by atoms with van der Waals surface area (Å²) in [5.41, 5.74) is 3.84. The summed E-state index contributed by atoms with van der Waals surface area (Å²) in [7, 11) is 0. The van der Waals surface area contributed by atoms with Gasteiger partial charge in [-0.3, -0.25) is 0 Å². The van der Waals surface area contributed by atoms with Gasteiger partial charge in [0.25, 0.3) is 0 Å². The minimum atomic E-state index is 0.0426. The number of halogens is 1. The van der Waals surface area contributed by atoms with Crippen LogP contribution in [0.5, 0.6) is 0 Å². The maximum atomic E-state index is 9.25. The molecule has 4 aromatic rings. The SMILES string of the molecule is OCc1ccc(-c2[nH]c3ncccc3c2Sc2ccc(Cl)cc2)cc1. The van der Waals surface area contributed by atoms with E-state index >= 15 is 0 Å². The summed E-state index contributed by atoms with van der Waals surface area (Å²) in [5, 5.41) is 11.1. The van der Waals surface area contributed by atoms with E-state index in [9.17, 15) is 5.11 Å². The first-order chi connectivity index (χ1) is 12.2. The molecule has 0 fully saturated rings. The van der Waals surface area contributed by atoms with Crippen molar-refractivity contribution in [2.75, 3.05) is 0 Å². The zero-order valence-electron chi connectivity index (χ0n) is 13.2. The van der Waals surface area contributed by atoms with Crippen LogP contribution in [0, 0.1) is 0 Å². The number of nitrogens with one attached hydrogen (secondary N) is 1. The monoisotopic (exact) mass is 366 g/mol. The van der Waals surface area contributed by atoms with Crippen LogP contribution in [0.1, 0.15) is 5.56 Å². The van der Waals surface area contributed by atoms with Crippen LogP contribution in [-0.2, 0) is 6.61 Å². The van der Waals surface area contributed by atoms with Gasteiger partial charge in [0.05, 0.1) is 12.3 Å². The Morgan fingerprint density at radius 1 is 1.00 bits per heavy atom. The molecule has 2 aromatic carbocycles. The first-order valence-corrected chi connectivity index (χ1v) is 9.04. The number of aliphatic hydroxyl groups is 1. The van der Waals surface area contributed by atoms with Gasteiger partial charge in [-0.25, -0.2) is 4.98 Å². The Morgan fingerprint density at radius 2 is 1.76 bits per heavy atom. The maximum absolute atomic E-state index is 9.25. The largest absolute Gasteiger partial charge is 0.392 e. The fraction of sp³-hybridized carbons (Fsp3) is 0.0500. The highest BCUT2D eigenvalue weighted by atomic mass is 35.5. The van der Waals surface area contributed by atoms with E-state index in [1.54, 1.807) is 18.0 Å². The quantitative estimate of drug-likeness (QED) is 0.499. The Hall–Kier alpha value is -2.27. The first-order valence-electron chi connectivity index (χ1n) is 7.85. The lowest BCUT2D eigenvalue weighted by Crippen LogP contribution is -1.85. The minimum absolute atomic E-state index is 0.0426. The average molecular weight is 367 g/mol. The Labute approximate surface area is 154 Å². The van der Waals surface area contributed by atoms with Crippen molar-refractivity contribution in [2.24, 2.45) is 0 Å². The standard InChI is InChI=1S/C20H15ClN2OS/c21-15-7-9-16(10-8-15)25-19-17-2-1-11-22-20(17)23-18(19)14-5-3-13(12-24)4-6-14/h1-11,24H,12H2,(H,22,23). The van der Waals surface area contributed by atoms with Crippen molar-refractivity contribution in [3.05, 3.63) is 77.4 Å². The van der Waals surface area contributed by atoms with Crippen LogP contribution in [0.15, 0.2) is 76.7 Å². The highest BCUT2D eigenvalue weighted by Gasteiger charge is 2.15. The molecule has 0 saturated carbocycles. The van der Waals surface area contributed by atoms with Crippen LogP contribution in [0.25, 0.3) is 22.3 Å². The van der Waals surface area contributed by atoms with Crippen LogP contribution in [0.2, 0.25) is 5.02 Å². The summed E-state index contributed by atoms with van der Waals surface area (Å²) >= 11 is 7.68. The average Bonchev–Trinajstić information content (AvgIpc) is 3.02. The van der Waals surface area contributed by atoms with Gasteiger partial charge in [-0.2, -0.15) is 0 Å². The summed E-state index contributed by atoms with van der Waals surface area (Å²) < 4.78 is 0. The fourth-order valence-corrected chi connectivity index (χ4v) is 3.88. The number of benzene rings is 2. The molecule has 5 heteroatoms. The van der Waals surface area contributed by atoms with E-state index in [0.29, 0.717) is 0 Å². The molecule has 0 bridgehead atoms. The molecule has 0 aliphatic heterocycles. The van der Waals surface area contributed by atoms with Crippen LogP contribution in [0.3, 0.4) is 0 Å². The molecule has 0 amide bonds. The molecule has 2 aromatic heterocycles. The van der Waals surface area contributed by atoms with E-state index < -0.39 is 0 Å². The number of pyridine rings is 1. The summed E-state index contributed by atoms with van der Waals surface area (Å²) in [6, 6.07) is 19.7. The molecule has 25 heavy (non-hydrogen) atoms. The van der Waals surface area contributed by atoms with Gasteiger partial charge in [0.1, 0.15) is 5.65 Å². The predicted octanol–water partition coefficient (Wildman–Crippen LogP) is 5.53. The van der Waals surface area contributed by atoms with Crippen LogP contribution >= 0.6 is 23.4 Å². The number of nitrogens with zero attached hydrogens (tertiary/aromatic N) is 1. The highest BCUT2D eigenvalue weighted by Crippen LogP contribution is 2.40. The number of aliphatic hydroxyl groups excluding tert-OH is 1. The molecule has 0 unspecified atom stereocenters. The van der Waals surface area contributed by atoms with Gasteiger partial charge in [-0.1, -0.05) is 47.6 Å². The number of H-pyrrole nitrogens is 1. The first kappa shape index (κ1) is 16.2. The number of aromatic nitrogens is 2. The number of rotatable bonds is 4. The Kier molecular flexibility index (Phi) is 4.49. The second kappa shape index (κ2) is 6.92. The lowest BCUT2D eigenvalue weighted by atomic mass is 10.1. The zero-order chi connectivity index (χ0) is 17.2. The molecular formula is C20H15ClN2OS. The van der Waals surface area contributed by atoms with Crippen molar-refractivity contribution in [2.45, 2.75) is 16.4 Å². The minimum Gasteiger partial charge on any atom is -0.392 e. The molecule has 124 valence electrons. The molecular weight excluding hydrogens is 352 g/mol. The van der Waals surface area contributed by atoms with E-state index in [0.717, 1.165) is 42.7 Å². The summed E-state index contributed by atoms with van der Waals surface area (Å²) in [6.07, 6.45) is 1.79. The van der Waals surface area contributed by atoms with Crippen molar-refractivity contribution >= 4 is 34.4 Å². The van der Waals surface area contributed by atoms with E-state index in [-0.39, 0.29) is 6.61 Å². The van der Waals surface area contributed by atoms with Gasteiger partial charge in [0.15, 0.2) is 0 Å². The molecule has 2 N–H and O–H groups in total. The fourth-order valence-electron chi connectivity index (χ4n) is 2.70. The lowest BCUT2D eigenvalue weighted by Gasteiger charge is -2.06. The Morgan fingerprint density at radius 3 is 2.48 bits per heavy atom. The predicted molar refractivity (Wildman–Crippen MR) is 103 cm³/mol. The molecule has 0 radical (unpaired) electrons. The third-order valence-corrected chi connectivity index (χ3v) is 5.37. The van der Waals surface area contributed by atoms with Gasteiger partial charge in [0.2, 0.25) is 0 Å². The van der Waals surface area contributed by atoms with Gasteiger partial charge in [0, 0.05) is 26.4 Å². The second-order valence-corrected chi connectivity index (χ2v) is 7.16. The molecule has 2 heterocycles. The number of hydrogen-bond donors (Lipinski definition) is 2. The zero-order valence-corrected chi connectivity index (χ0v) is 14.8. The van der Waals surface area contributed by atoms with E-state index in [4.69, 9.17) is 11.6 Å². The molecule has 0 saturated heterocycles.